The van der Waals surface area contributed by atoms with Crippen molar-refractivity contribution in [1.82, 2.24) is 5.32 Å². The molecule has 0 spiro atoms. The molecule has 23 heavy (non-hydrogen) atoms. The molecule has 122 valence electrons. The van der Waals surface area contributed by atoms with Gasteiger partial charge < -0.3 is 14.8 Å². The summed E-state index contributed by atoms with van der Waals surface area (Å²) in [5.74, 6) is 1.48. The maximum Gasteiger partial charge on any atom is 0.166 e. The van der Waals surface area contributed by atoms with Crippen LogP contribution in [0.25, 0.3) is 0 Å². The summed E-state index contributed by atoms with van der Waals surface area (Å²) in [5, 5.41) is 4.16. The fourth-order valence-electron chi connectivity index (χ4n) is 2.19. The van der Waals surface area contributed by atoms with E-state index in [4.69, 9.17) is 21.1 Å². The van der Waals surface area contributed by atoms with E-state index >= 15 is 0 Å². The van der Waals surface area contributed by atoms with E-state index < -0.39 is 0 Å². The summed E-state index contributed by atoms with van der Waals surface area (Å²) in [4.78, 5) is 0. The van der Waals surface area contributed by atoms with Gasteiger partial charge in [0.2, 0.25) is 0 Å². The van der Waals surface area contributed by atoms with E-state index in [-0.39, 0.29) is 0 Å². The molecule has 4 heteroatoms. The molecule has 0 heterocycles. The van der Waals surface area contributed by atoms with Crippen molar-refractivity contribution in [3.63, 3.8) is 0 Å². The average Bonchev–Trinajstić information content (AvgIpc) is 2.55. The zero-order chi connectivity index (χ0) is 16.7. The first-order valence-corrected chi connectivity index (χ1v) is 7.86. The lowest BCUT2D eigenvalue weighted by Gasteiger charge is -2.16. The molecule has 0 bridgehead atoms. The van der Waals surface area contributed by atoms with E-state index in [2.05, 4.69) is 11.9 Å². The third-order valence-corrected chi connectivity index (χ3v) is 3.70. The fourth-order valence-corrected chi connectivity index (χ4v) is 2.40. The number of hydrogen-bond donors (Lipinski definition) is 1. The van der Waals surface area contributed by atoms with E-state index in [0.717, 1.165) is 33.2 Å². The van der Waals surface area contributed by atoms with Crippen LogP contribution in [0.3, 0.4) is 0 Å². The van der Waals surface area contributed by atoms with Crippen LogP contribution in [-0.2, 0) is 13.1 Å². The van der Waals surface area contributed by atoms with Gasteiger partial charge in [-0.15, -0.1) is 0 Å². The lowest BCUT2D eigenvalue weighted by Crippen LogP contribution is -2.14. The number of ether oxygens (including phenoxy) is 2. The first-order chi connectivity index (χ1) is 11.1. The molecular weight excluding hydrogens is 310 g/mol. The zero-order valence-electron chi connectivity index (χ0n) is 13.6. The third kappa shape index (κ3) is 5.02. The molecule has 0 saturated carbocycles. The van der Waals surface area contributed by atoms with E-state index in [9.17, 15) is 0 Å². The van der Waals surface area contributed by atoms with Gasteiger partial charge in [0.15, 0.2) is 11.5 Å². The minimum atomic E-state index is 0.470. The Kier molecular flexibility index (Phi) is 6.51. The van der Waals surface area contributed by atoms with Crippen LogP contribution in [-0.4, -0.2) is 13.7 Å². The number of hydrogen-bond acceptors (Lipinski definition) is 3. The van der Waals surface area contributed by atoms with Crippen LogP contribution in [0.5, 0.6) is 11.5 Å². The molecule has 0 aromatic heterocycles. The molecule has 0 atom stereocenters. The van der Waals surface area contributed by atoms with Gasteiger partial charge in [-0.25, -0.2) is 0 Å². The van der Waals surface area contributed by atoms with Gasteiger partial charge in [-0.1, -0.05) is 48.5 Å². The summed E-state index contributed by atoms with van der Waals surface area (Å²) in [5.41, 5.74) is 3.07. The summed E-state index contributed by atoms with van der Waals surface area (Å²) < 4.78 is 11.3. The van der Waals surface area contributed by atoms with Crippen LogP contribution in [0.15, 0.2) is 54.6 Å². The molecular formula is C19H22ClNO2. The summed E-state index contributed by atoms with van der Waals surface area (Å²) in [6.45, 7) is 7.63. The van der Waals surface area contributed by atoms with Gasteiger partial charge in [-0.2, -0.15) is 0 Å². The van der Waals surface area contributed by atoms with Crippen LogP contribution in [0.1, 0.15) is 18.1 Å². The minimum absolute atomic E-state index is 0.470. The molecule has 0 aliphatic carbocycles. The maximum absolute atomic E-state index is 6.18. The van der Waals surface area contributed by atoms with Gasteiger partial charge in [0.25, 0.3) is 0 Å². The topological polar surface area (TPSA) is 30.5 Å². The van der Waals surface area contributed by atoms with Crippen LogP contribution < -0.4 is 14.8 Å². The number of rotatable bonds is 8. The molecule has 0 saturated heterocycles. The second-order valence-corrected chi connectivity index (χ2v) is 5.80. The Morgan fingerprint density at radius 3 is 2.48 bits per heavy atom. The van der Waals surface area contributed by atoms with Gasteiger partial charge >= 0.3 is 0 Å². The van der Waals surface area contributed by atoms with E-state index in [1.807, 2.05) is 49.4 Å². The molecule has 0 amide bonds. The van der Waals surface area contributed by atoms with Crippen molar-refractivity contribution >= 4 is 11.6 Å². The normalized spacial score (nSPS) is 10.4. The van der Waals surface area contributed by atoms with Gasteiger partial charge in [0, 0.05) is 23.7 Å². The SMILES string of the molecule is C=C(C)COc1c(CNCc2ccccc2Cl)cccc1OC. The Balaban J connectivity index is 2.06. The van der Waals surface area contributed by atoms with E-state index in [1.165, 1.54) is 0 Å². The first kappa shape index (κ1) is 17.4. The molecule has 0 unspecified atom stereocenters. The Morgan fingerprint density at radius 2 is 1.78 bits per heavy atom. The van der Waals surface area contributed by atoms with Crippen molar-refractivity contribution in [2.45, 2.75) is 20.0 Å². The van der Waals surface area contributed by atoms with Gasteiger partial charge in [-0.05, 0) is 30.2 Å². The van der Waals surface area contributed by atoms with Crippen LogP contribution in [0, 0.1) is 0 Å². The molecule has 0 fully saturated rings. The lowest BCUT2D eigenvalue weighted by molar-refractivity contribution is 0.315. The first-order valence-electron chi connectivity index (χ1n) is 7.49. The van der Waals surface area contributed by atoms with Crippen molar-refractivity contribution in [1.29, 1.82) is 0 Å². The number of nitrogens with one attached hydrogen (secondary N) is 1. The number of halogens is 1. The summed E-state index contributed by atoms with van der Waals surface area (Å²) in [7, 11) is 1.64. The Bertz CT molecular complexity index is 670. The molecule has 1 N–H and O–H groups in total. The lowest BCUT2D eigenvalue weighted by atomic mass is 10.1. The summed E-state index contributed by atoms with van der Waals surface area (Å²) in [6, 6.07) is 13.7. The van der Waals surface area contributed by atoms with Crippen molar-refractivity contribution in [2.75, 3.05) is 13.7 Å². The Morgan fingerprint density at radius 1 is 1.09 bits per heavy atom. The number of para-hydroxylation sites is 1. The highest BCUT2D eigenvalue weighted by Crippen LogP contribution is 2.31. The highest BCUT2D eigenvalue weighted by Gasteiger charge is 2.10. The highest BCUT2D eigenvalue weighted by atomic mass is 35.5. The van der Waals surface area contributed by atoms with E-state index in [0.29, 0.717) is 19.7 Å². The molecule has 0 radical (unpaired) electrons. The third-order valence-electron chi connectivity index (χ3n) is 3.33. The Hall–Kier alpha value is -1.97. The average molecular weight is 332 g/mol. The standard InChI is InChI=1S/C19H22ClNO2/c1-14(2)13-23-19-16(8-6-10-18(19)22-3)12-21-11-15-7-4-5-9-17(15)20/h4-10,21H,1,11-13H2,2-3H3. The van der Waals surface area contributed by atoms with Crippen LogP contribution in [0.4, 0.5) is 0 Å². The van der Waals surface area contributed by atoms with Crippen LogP contribution in [0.2, 0.25) is 5.02 Å². The summed E-state index contributed by atoms with van der Waals surface area (Å²) >= 11 is 6.18. The Labute approximate surface area is 142 Å². The second kappa shape index (κ2) is 8.61. The largest absolute Gasteiger partial charge is 0.493 e. The molecule has 0 aliphatic rings. The van der Waals surface area contributed by atoms with Crippen molar-refractivity contribution in [3.8, 4) is 11.5 Å². The minimum Gasteiger partial charge on any atom is -0.493 e. The van der Waals surface area contributed by atoms with Gasteiger partial charge in [0.1, 0.15) is 6.61 Å². The zero-order valence-corrected chi connectivity index (χ0v) is 14.3. The van der Waals surface area contributed by atoms with Crippen LogP contribution >= 0.6 is 11.6 Å². The van der Waals surface area contributed by atoms with Gasteiger partial charge in [-0.3, -0.25) is 0 Å². The van der Waals surface area contributed by atoms with Gasteiger partial charge in [0.05, 0.1) is 7.11 Å². The second-order valence-electron chi connectivity index (χ2n) is 5.39. The predicted molar refractivity (Wildman–Crippen MR) is 95.3 cm³/mol. The molecule has 2 rings (SSSR count). The summed E-state index contributed by atoms with van der Waals surface area (Å²) in [6.07, 6.45) is 0. The maximum atomic E-state index is 6.18. The van der Waals surface area contributed by atoms with Crippen molar-refractivity contribution in [2.24, 2.45) is 0 Å². The monoisotopic (exact) mass is 331 g/mol. The predicted octanol–water partition coefficient (Wildman–Crippen LogP) is 4.59. The molecule has 2 aromatic carbocycles. The quantitative estimate of drug-likeness (QED) is 0.717. The van der Waals surface area contributed by atoms with E-state index in [1.54, 1.807) is 7.11 Å². The number of methoxy groups -OCH3 is 1. The highest BCUT2D eigenvalue weighted by molar-refractivity contribution is 6.31. The molecule has 3 nitrogen and oxygen atoms in total. The fraction of sp³-hybridized carbons (Fsp3) is 0.263. The van der Waals surface area contributed by atoms with Crippen molar-refractivity contribution in [3.05, 3.63) is 70.8 Å². The molecule has 2 aromatic rings. The smallest absolute Gasteiger partial charge is 0.166 e. The number of benzene rings is 2. The molecule has 0 aliphatic heterocycles. The van der Waals surface area contributed by atoms with Crippen molar-refractivity contribution < 1.29 is 9.47 Å².